The van der Waals surface area contributed by atoms with Gasteiger partial charge in [0.25, 0.3) is 5.91 Å². The van der Waals surface area contributed by atoms with Crippen LogP contribution in [0.1, 0.15) is 65.2 Å². The van der Waals surface area contributed by atoms with Crippen LogP contribution in [-0.2, 0) is 6.54 Å². The smallest absolute Gasteiger partial charge is 0.273 e. The largest absolute Gasteiger partial charge is 0.507 e. The van der Waals surface area contributed by atoms with E-state index in [0.29, 0.717) is 51.4 Å². The van der Waals surface area contributed by atoms with Crippen molar-refractivity contribution in [1.29, 1.82) is 0 Å². The predicted octanol–water partition coefficient (Wildman–Crippen LogP) is 6.66. The number of phenols is 1. The van der Waals surface area contributed by atoms with E-state index in [9.17, 15) is 9.90 Å². The van der Waals surface area contributed by atoms with E-state index in [0.717, 1.165) is 30.4 Å². The number of rotatable bonds is 10. The van der Waals surface area contributed by atoms with Crippen LogP contribution in [0, 0.1) is 6.92 Å². The Morgan fingerprint density at radius 2 is 2.03 bits per heavy atom. The monoisotopic (exact) mass is 535 g/mol. The number of benzene rings is 2. The van der Waals surface area contributed by atoms with Crippen molar-refractivity contribution >= 4 is 17.5 Å². The molecule has 0 saturated carbocycles. The van der Waals surface area contributed by atoms with Gasteiger partial charge in [0.15, 0.2) is 11.5 Å². The minimum atomic E-state index is -0.529. The van der Waals surface area contributed by atoms with Gasteiger partial charge in [-0.1, -0.05) is 37.4 Å². The number of ether oxygens (including phenoxy) is 2. The first-order chi connectivity index (χ1) is 18.4. The maximum Gasteiger partial charge on any atom is 0.273 e. The van der Waals surface area contributed by atoms with Crippen LogP contribution >= 0.6 is 11.6 Å². The molecular formula is C29H30ClN3O5. The van der Waals surface area contributed by atoms with Gasteiger partial charge in [-0.15, -0.1) is 0 Å². The zero-order valence-corrected chi connectivity index (χ0v) is 22.3. The van der Waals surface area contributed by atoms with Gasteiger partial charge >= 0.3 is 0 Å². The molecule has 0 radical (unpaired) electrons. The third kappa shape index (κ3) is 4.72. The highest BCUT2D eigenvalue weighted by Gasteiger charge is 2.43. The van der Waals surface area contributed by atoms with Crippen LogP contribution < -0.4 is 9.47 Å². The van der Waals surface area contributed by atoms with Crippen molar-refractivity contribution in [2.75, 3.05) is 13.7 Å². The molecule has 4 aromatic rings. The van der Waals surface area contributed by atoms with Crippen molar-refractivity contribution in [1.82, 2.24) is 15.1 Å². The molecule has 2 aromatic heterocycles. The number of hydrogen-bond donors (Lipinski definition) is 2. The zero-order chi connectivity index (χ0) is 26.8. The lowest BCUT2D eigenvalue weighted by Gasteiger charge is -2.26. The van der Waals surface area contributed by atoms with Crippen molar-refractivity contribution < 1.29 is 23.8 Å². The Kier molecular flexibility index (Phi) is 7.33. The second-order valence-electron chi connectivity index (χ2n) is 9.36. The summed E-state index contributed by atoms with van der Waals surface area (Å²) in [6.45, 7) is 4.81. The first kappa shape index (κ1) is 25.7. The number of nitrogens with zero attached hydrogens (tertiary/aromatic N) is 2. The number of aryl methyl sites for hydroxylation is 1. The summed E-state index contributed by atoms with van der Waals surface area (Å²) in [4.78, 5) is 15.4. The van der Waals surface area contributed by atoms with Gasteiger partial charge in [0.05, 0.1) is 32.6 Å². The van der Waals surface area contributed by atoms with E-state index in [1.54, 1.807) is 36.5 Å². The molecular weight excluding hydrogens is 506 g/mol. The molecule has 0 bridgehead atoms. The Labute approximate surface area is 226 Å². The first-order valence-electron chi connectivity index (χ1n) is 12.6. The van der Waals surface area contributed by atoms with Crippen molar-refractivity contribution in [2.45, 2.75) is 45.7 Å². The van der Waals surface area contributed by atoms with Crippen LogP contribution in [0.2, 0.25) is 5.02 Å². The van der Waals surface area contributed by atoms with E-state index in [-0.39, 0.29) is 18.2 Å². The molecule has 198 valence electrons. The molecule has 1 unspecified atom stereocenters. The molecule has 1 amide bonds. The van der Waals surface area contributed by atoms with Crippen molar-refractivity contribution in [3.63, 3.8) is 0 Å². The first-order valence-corrected chi connectivity index (χ1v) is 13.0. The molecule has 5 rings (SSSR count). The minimum Gasteiger partial charge on any atom is -0.507 e. The lowest BCUT2D eigenvalue weighted by atomic mass is 9.95. The number of halogens is 1. The number of carbonyl (C=O) groups is 1. The second kappa shape index (κ2) is 10.8. The normalized spacial score (nSPS) is 14.7. The Hall–Kier alpha value is -3.91. The number of furan rings is 1. The SMILES string of the molecule is CCCCCOc1ccc(C2c3c(-c4cc(Cl)c(C)cc4O)n[nH]c3C(=O)N2Cc2ccco2)cc1OC. The number of hydrogen-bond acceptors (Lipinski definition) is 6. The molecule has 2 aromatic carbocycles. The lowest BCUT2D eigenvalue weighted by molar-refractivity contribution is 0.0716. The number of phenolic OH excluding ortho intramolecular Hbond substituents is 1. The van der Waals surface area contributed by atoms with E-state index in [4.69, 9.17) is 25.5 Å². The standard InChI is InChI=1S/C29H30ClN3O5/c1-4-5-6-11-38-23-10-9-18(14-24(23)36-3)28-25-26(20-15-21(30)17(2)13-22(20)34)31-32-27(25)29(35)33(28)16-19-8-7-12-37-19/h7-10,12-15,28,34H,4-6,11,16H2,1-3H3,(H,31,32). The van der Waals surface area contributed by atoms with Gasteiger partial charge in [0.1, 0.15) is 22.9 Å². The summed E-state index contributed by atoms with van der Waals surface area (Å²) in [6, 6.07) is 12.0. The highest BCUT2D eigenvalue weighted by Crippen LogP contribution is 2.47. The fourth-order valence-electron chi connectivity index (χ4n) is 4.85. The zero-order valence-electron chi connectivity index (χ0n) is 21.6. The fourth-order valence-corrected chi connectivity index (χ4v) is 5.01. The number of methoxy groups -OCH3 is 1. The van der Waals surface area contributed by atoms with Gasteiger partial charge in [0, 0.05) is 16.1 Å². The molecule has 0 aliphatic carbocycles. The molecule has 8 nitrogen and oxygen atoms in total. The van der Waals surface area contributed by atoms with E-state index >= 15 is 0 Å². The van der Waals surface area contributed by atoms with Gasteiger partial charge in [-0.05, 0) is 60.9 Å². The van der Waals surface area contributed by atoms with Gasteiger partial charge in [0.2, 0.25) is 0 Å². The number of aromatic amines is 1. The molecule has 0 spiro atoms. The van der Waals surface area contributed by atoms with Crippen LogP contribution in [-0.4, -0.2) is 39.8 Å². The highest BCUT2D eigenvalue weighted by atomic mass is 35.5. The van der Waals surface area contributed by atoms with Crippen molar-refractivity contribution in [3.8, 4) is 28.5 Å². The number of H-pyrrole nitrogens is 1. The number of unbranched alkanes of at least 4 members (excludes halogenated alkanes) is 2. The molecule has 38 heavy (non-hydrogen) atoms. The van der Waals surface area contributed by atoms with Gasteiger partial charge in [-0.2, -0.15) is 5.10 Å². The van der Waals surface area contributed by atoms with Crippen molar-refractivity contribution in [3.05, 3.63) is 81.9 Å². The van der Waals surface area contributed by atoms with Crippen LogP contribution in [0.4, 0.5) is 0 Å². The van der Waals surface area contributed by atoms with Gasteiger partial charge in [-0.25, -0.2) is 0 Å². The third-order valence-corrected chi connectivity index (χ3v) is 7.22. The van der Waals surface area contributed by atoms with E-state index in [1.807, 2.05) is 31.2 Å². The second-order valence-corrected chi connectivity index (χ2v) is 9.77. The summed E-state index contributed by atoms with van der Waals surface area (Å²) in [7, 11) is 1.60. The number of fused-ring (bicyclic) bond motifs is 1. The molecule has 2 N–H and O–H groups in total. The third-order valence-electron chi connectivity index (χ3n) is 6.81. The van der Waals surface area contributed by atoms with Gasteiger partial charge < -0.3 is 23.9 Å². The summed E-state index contributed by atoms with van der Waals surface area (Å²) in [5.74, 6) is 1.67. The molecule has 1 aliphatic heterocycles. The predicted molar refractivity (Wildman–Crippen MR) is 144 cm³/mol. The maximum atomic E-state index is 13.7. The van der Waals surface area contributed by atoms with Crippen molar-refractivity contribution in [2.24, 2.45) is 0 Å². The molecule has 9 heteroatoms. The lowest BCUT2D eigenvalue weighted by Crippen LogP contribution is -2.29. The number of carbonyl (C=O) groups excluding carboxylic acids is 1. The van der Waals surface area contributed by atoms with Crippen LogP contribution in [0.15, 0.2) is 53.1 Å². The minimum absolute atomic E-state index is 0.0327. The maximum absolute atomic E-state index is 13.7. The van der Waals surface area contributed by atoms with E-state index in [2.05, 4.69) is 17.1 Å². The number of aromatic hydroxyl groups is 1. The Bertz CT molecular complexity index is 1450. The Morgan fingerprint density at radius 1 is 1.18 bits per heavy atom. The summed E-state index contributed by atoms with van der Waals surface area (Å²) >= 11 is 6.41. The van der Waals surface area contributed by atoms with E-state index in [1.165, 1.54) is 0 Å². The topological polar surface area (TPSA) is 101 Å². The summed E-state index contributed by atoms with van der Waals surface area (Å²) in [5, 5.41) is 18.6. The quantitative estimate of drug-likeness (QED) is 0.220. The Balaban J connectivity index is 1.60. The van der Waals surface area contributed by atoms with Gasteiger partial charge in [-0.3, -0.25) is 9.89 Å². The van der Waals surface area contributed by atoms with E-state index < -0.39 is 6.04 Å². The molecule has 0 fully saturated rings. The molecule has 3 heterocycles. The number of aromatic nitrogens is 2. The Morgan fingerprint density at radius 3 is 2.76 bits per heavy atom. The van der Waals surface area contributed by atoms with Crippen LogP contribution in [0.3, 0.4) is 0 Å². The average molecular weight is 536 g/mol. The molecule has 1 atom stereocenters. The molecule has 1 aliphatic rings. The highest BCUT2D eigenvalue weighted by molar-refractivity contribution is 6.31. The number of nitrogens with one attached hydrogen (secondary N) is 1. The fraction of sp³-hybridized carbons (Fsp3) is 0.310. The summed E-state index contributed by atoms with van der Waals surface area (Å²) in [5.41, 5.74) is 3.45. The summed E-state index contributed by atoms with van der Waals surface area (Å²) in [6.07, 6.45) is 4.74. The molecule has 0 saturated heterocycles. The average Bonchev–Trinajstić information content (AvgIpc) is 3.64. The van der Waals surface area contributed by atoms with Crippen LogP contribution in [0.25, 0.3) is 11.3 Å². The van der Waals surface area contributed by atoms with Crippen LogP contribution in [0.5, 0.6) is 17.2 Å². The number of amides is 1. The summed E-state index contributed by atoms with van der Waals surface area (Å²) < 4.78 is 17.2.